The monoisotopic (exact) mass is 528 g/mol. The Kier molecular flexibility index (Phi) is 5.80. The van der Waals surface area contributed by atoms with Crippen LogP contribution in [0.2, 0.25) is 0 Å². The molecule has 38 heavy (non-hydrogen) atoms. The first-order valence-electron chi connectivity index (χ1n) is 12.3. The van der Waals surface area contributed by atoms with Crippen molar-refractivity contribution in [2.45, 2.75) is 32.4 Å². The number of ether oxygens (including phenoxy) is 2. The Morgan fingerprint density at radius 1 is 1.13 bits per heavy atom. The highest BCUT2D eigenvalue weighted by Gasteiger charge is 2.48. The van der Waals surface area contributed by atoms with Crippen LogP contribution in [0, 0.1) is 0 Å². The van der Waals surface area contributed by atoms with Gasteiger partial charge in [-0.15, -0.1) is 0 Å². The molecule has 3 aromatic carbocycles. The summed E-state index contributed by atoms with van der Waals surface area (Å²) in [6.07, 6.45) is 0.703. The van der Waals surface area contributed by atoms with E-state index in [1.54, 1.807) is 42.5 Å². The number of carbonyl (C=O) groups excluding carboxylic acids is 2. The zero-order chi connectivity index (χ0) is 26.6. The molecule has 0 bridgehead atoms. The maximum atomic E-state index is 13.5. The first-order chi connectivity index (χ1) is 18.3. The third-order valence-corrected chi connectivity index (χ3v) is 7.71. The van der Waals surface area contributed by atoms with Gasteiger partial charge < -0.3 is 19.7 Å². The Hall–Kier alpha value is -4.37. The molecule has 0 saturated carbocycles. The second-order valence-electron chi connectivity index (χ2n) is 9.27. The van der Waals surface area contributed by atoms with Gasteiger partial charge in [-0.3, -0.25) is 14.5 Å². The summed E-state index contributed by atoms with van der Waals surface area (Å²) in [5.74, 6) is -0.396. The van der Waals surface area contributed by atoms with E-state index in [1.165, 1.54) is 28.4 Å². The van der Waals surface area contributed by atoms with Crippen molar-refractivity contribution in [3.05, 3.63) is 82.9 Å². The van der Waals surface area contributed by atoms with E-state index in [1.807, 2.05) is 19.9 Å². The molecule has 2 N–H and O–H groups in total. The molecule has 0 radical (unpaired) electrons. The number of amides is 1. The number of hydrogen-bond acceptors (Lipinski definition) is 8. The number of phenolic OH excluding ortho intramolecular Hbond substituents is 1. The number of anilines is 1. The number of aromatic nitrogens is 1. The van der Waals surface area contributed by atoms with Gasteiger partial charge in [0.05, 0.1) is 28.4 Å². The van der Waals surface area contributed by atoms with Crippen molar-refractivity contribution in [2.24, 2.45) is 0 Å². The fourth-order valence-electron chi connectivity index (χ4n) is 4.98. The number of thiazole rings is 1. The van der Waals surface area contributed by atoms with Crippen LogP contribution in [0.4, 0.5) is 5.13 Å². The molecule has 1 saturated heterocycles. The summed E-state index contributed by atoms with van der Waals surface area (Å²) in [5, 5.41) is 21.6. The molecule has 1 amide bonds. The molecule has 2 aliphatic rings. The van der Waals surface area contributed by atoms with Crippen LogP contribution in [-0.2, 0) is 16.0 Å². The fraction of sp³-hybridized carbons (Fsp3) is 0.207. The highest BCUT2D eigenvalue weighted by Crippen LogP contribution is 2.45. The molecule has 1 aromatic heterocycles. The molecule has 0 aliphatic carbocycles. The summed E-state index contributed by atoms with van der Waals surface area (Å²) in [4.78, 5) is 32.9. The SMILES string of the molecule is CCOc1ccc2nc(N3C(=O)C(=O)/C(=C(/O)c4ccc5c(c4)CC(C)O5)C3c3ccc(O)cc3)sc2c1. The van der Waals surface area contributed by atoms with Crippen molar-refractivity contribution < 1.29 is 29.3 Å². The van der Waals surface area contributed by atoms with Crippen LogP contribution in [0.25, 0.3) is 16.0 Å². The quantitative estimate of drug-likeness (QED) is 0.204. The number of carbonyl (C=O) groups is 2. The lowest BCUT2D eigenvalue weighted by molar-refractivity contribution is -0.132. The van der Waals surface area contributed by atoms with Crippen molar-refractivity contribution in [2.75, 3.05) is 11.5 Å². The first kappa shape index (κ1) is 24.0. The minimum Gasteiger partial charge on any atom is -0.508 e. The van der Waals surface area contributed by atoms with Gasteiger partial charge in [-0.05, 0) is 73.5 Å². The lowest BCUT2D eigenvalue weighted by Crippen LogP contribution is -2.29. The summed E-state index contributed by atoms with van der Waals surface area (Å²) in [6.45, 7) is 4.37. The van der Waals surface area contributed by atoms with Gasteiger partial charge >= 0.3 is 5.91 Å². The van der Waals surface area contributed by atoms with Gasteiger partial charge in [-0.1, -0.05) is 23.5 Å². The van der Waals surface area contributed by atoms with Gasteiger partial charge in [0, 0.05) is 12.0 Å². The molecular weight excluding hydrogens is 504 g/mol. The molecule has 0 spiro atoms. The van der Waals surface area contributed by atoms with Crippen molar-refractivity contribution in [3.8, 4) is 17.2 Å². The number of aromatic hydroxyl groups is 1. The molecule has 6 rings (SSSR count). The van der Waals surface area contributed by atoms with Gasteiger partial charge in [-0.2, -0.15) is 0 Å². The number of nitrogens with zero attached hydrogens (tertiary/aromatic N) is 2. The number of benzene rings is 3. The minimum absolute atomic E-state index is 0.0206. The molecule has 192 valence electrons. The Balaban J connectivity index is 1.50. The number of aliphatic hydroxyl groups is 1. The maximum absolute atomic E-state index is 13.5. The molecule has 2 unspecified atom stereocenters. The molecule has 3 heterocycles. The van der Waals surface area contributed by atoms with Crippen LogP contribution in [0.15, 0.2) is 66.2 Å². The Bertz CT molecular complexity index is 1620. The normalized spacial score (nSPS) is 20.1. The highest BCUT2D eigenvalue weighted by molar-refractivity contribution is 7.22. The lowest BCUT2D eigenvalue weighted by Gasteiger charge is -2.23. The van der Waals surface area contributed by atoms with E-state index in [9.17, 15) is 19.8 Å². The standard InChI is InChI=1S/C29H24N2O6S/c1-3-36-20-9-10-21-23(14-20)38-29(30-21)31-25(16-4-7-19(32)8-5-16)24(27(34)28(31)35)26(33)17-6-11-22-18(13-17)12-15(2)37-22/h4-11,13-15,25,32-33H,3,12H2,1-2H3/b26-24+. The van der Waals surface area contributed by atoms with Crippen LogP contribution >= 0.6 is 11.3 Å². The zero-order valence-corrected chi connectivity index (χ0v) is 21.5. The van der Waals surface area contributed by atoms with Gasteiger partial charge in [-0.25, -0.2) is 4.98 Å². The average Bonchev–Trinajstić information content (AvgIpc) is 3.56. The van der Waals surface area contributed by atoms with E-state index >= 15 is 0 Å². The second-order valence-corrected chi connectivity index (χ2v) is 10.3. The van der Waals surface area contributed by atoms with Crippen molar-refractivity contribution in [1.82, 2.24) is 4.98 Å². The number of phenols is 1. The fourth-order valence-corrected chi connectivity index (χ4v) is 6.00. The van der Waals surface area contributed by atoms with Crippen LogP contribution in [0.1, 0.15) is 36.6 Å². The Morgan fingerprint density at radius 2 is 1.92 bits per heavy atom. The predicted octanol–water partition coefficient (Wildman–Crippen LogP) is 5.35. The molecule has 9 heteroatoms. The smallest absolute Gasteiger partial charge is 0.301 e. The molecule has 8 nitrogen and oxygen atoms in total. The van der Waals surface area contributed by atoms with Crippen LogP contribution in [0.5, 0.6) is 17.2 Å². The molecular formula is C29H24N2O6S. The van der Waals surface area contributed by atoms with E-state index in [-0.39, 0.29) is 23.2 Å². The summed E-state index contributed by atoms with van der Waals surface area (Å²) in [5.41, 5.74) is 2.52. The van der Waals surface area contributed by atoms with Gasteiger partial charge in [0.2, 0.25) is 0 Å². The summed E-state index contributed by atoms with van der Waals surface area (Å²) in [7, 11) is 0. The van der Waals surface area contributed by atoms with Gasteiger partial charge in [0.15, 0.2) is 5.13 Å². The van der Waals surface area contributed by atoms with Gasteiger partial charge in [0.25, 0.3) is 5.78 Å². The highest BCUT2D eigenvalue weighted by atomic mass is 32.1. The van der Waals surface area contributed by atoms with E-state index in [4.69, 9.17) is 9.47 Å². The van der Waals surface area contributed by atoms with E-state index < -0.39 is 17.7 Å². The van der Waals surface area contributed by atoms with Crippen LogP contribution < -0.4 is 14.4 Å². The number of aliphatic hydroxyl groups excluding tert-OH is 1. The first-order valence-corrected chi connectivity index (χ1v) is 13.1. The van der Waals surface area contributed by atoms with Gasteiger partial charge in [0.1, 0.15) is 29.1 Å². The third-order valence-electron chi connectivity index (χ3n) is 6.69. The topological polar surface area (TPSA) is 109 Å². The van der Waals surface area contributed by atoms with Crippen molar-refractivity contribution in [3.63, 3.8) is 0 Å². The third kappa shape index (κ3) is 3.95. The van der Waals surface area contributed by atoms with E-state index in [0.717, 1.165) is 16.0 Å². The van der Waals surface area contributed by atoms with Crippen LogP contribution in [0.3, 0.4) is 0 Å². The molecule has 2 aliphatic heterocycles. The maximum Gasteiger partial charge on any atom is 0.301 e. The molecule has 2 atom stereocenters. The lowest BCUT2D eigenvalue weighted by atomic mass is 9.94. The summed E-state index contributed by atoms with van der Waals surface area (Å²) >= 11 is 1.26. The number of ketones is 1. The second kappa shape index (κ2) is 9.18. The number of Topliss-reactive ketones (excluding diaryl/α,β-unsaturated/α-hetero) is 1. The Morgan fingerprint density at radius 3 is 2.68 bits per heavy atom. The van der Waals surface area contributed by atoms with Crippen LogP contribution in [-0.4, -0.2) is 39.6 Å². The number of hydrogen-bond donors (Lipinski definition) is 2. The predicted molar refractivity (Wildman–Crippen MR) is 144 cm³/mol. The summed E-state index contributed by atoms with van der Waals surface area (Å²) in [6, 6.07) is 16.0. The van der Waals surface area contributed by atoms with Crippen molar-refractivity contribution >= 4 is 44.1 Å². The van der Waals surface area contributed by atoms with E-state index in [2.05, 4.69) is 4.98 Å². The average molecular weight is 529 g/mol. The number of rotatable bonds is 5. The minimum atomic E-state index is -0.939. The van der Waals surface area contributed by atoms with E-state index in [0.29, 0.717) is 40.6 Å². The Labute approximate surface area is 222 Å². The molecule has 4 aromatic rings. The largest absolute Gasteiger partial charge is 0.508 e. The molecule has 1 fully saturated rings. The van der Waals surface area contributed by atoms with Crippen molar-refractivity contribution in [1.29, 1.82) is 0 Å². The summed E-state index contributed by atoms with van der Waals surface area (Å²) < 4.78 is 12.2. The zero-order valence-electron chi connectivity index (χ0n) is 20.7. The number of fused-ring (bicyclic) bond motifs is 2.